The van der Waals surface area contributed by atoms with Crippen molar-refractivity contribution >= 4 is 5.97 Å². The monoisotopic (exact) mass is 356 g/mol. The maximum Gasteiger partial charge on any atom is 0.306 e. The fourth-order valence-electron chi connectivity index (χ4n) is 6.53. The highest BCUT2D eigenvalue weighted by atomic mass is 16.5. The number of fused-ring (bicyclic) bond motifs is 5. The van der Waals surface area contributed by atoms with E-state index in [1.807, 2.05) is 19.1 Å². The number of carbonyl (C=O) groups is 1. The molecular formula is C23H32O3. The molecule has 0 saturated heterocycles. The highest BCUT2D eigenvalue weighted by Crippen LogP contribution is 2.62. The molecular weight excluding hydrogens is 324 g/mol. The Balaban J connectivity index is 1.60. The quantitative estimate of drug-likeness (QED) is 0.757. The van der Waals surface area contributed by atoms with E-state index in [1.165, 1.54) is 24.0 Å². The van der Waals surface area contributed by atoms with Crippen molar-refractivity contribution in [3.05, 3.63) is 29.3 Å². The maximum atomic E-state index is 12.1. The first kappa shape index (κ1) is 17.9. The molecule has 1 aromatic rings. The van der Waals surface area contributed by atoms with Crippen molar-refractivity contribution in [2.24, 2.45) is 23.2 Å². The Labute approximate surface area is 157 Å². The first-order chi connectivity index (χ1) is 12.4. The molecule has 3 aliphatic rings. The lowest BCUT2D eigenvalue weighted by Crippen LogP contribution is -2.47. The van der Waals surface area contributed by atoms with Crippen LogP contribution in [-0.2, 0) is 16.0 Å². The topological polar surface area (TPSA) is 46.5 Å². The summed E-state index contributed by atoms with van der Waals surface area (Å²) in [6, 6.07) is 5.98. The lowest BCUT2D eigenvalue weighted by atomic mass is 9.53. The van der Waals surface area contributed by atoms with E-state index >= 15 is 0 Å². The summed E-state index contributed by atoms with van der Waals surface area (Å²) in [5.74, 6) is 2.89. The summed E-state index contributed by atoms with van der Waals surface area (Å²) in [4.78, 5) is 12.1. The average Bonchev–Trinajstić information content (AvgIpc) is 2.91. The third-order valence-corrected chi connectivity index (χ3v) is 7.70. The fourth-order valence-corrected chi connectivity index (χ4v) is 6.53. The number of benzene rings is 1. The van der Waals surface area contributed by atoms with Gasteiger partial charge in [-0.1, -0.05) is 26.8 Å². The van der Waals surface area contributed by atoms with E-state index < -0.39 is 0 Å². The van der Waals surface area contributed by atoms with E-state index in [0.717, 1.165) is 25.7 Å². The van der Waals surface area contributed by atoms with Gasteiger partial charge in [0.1, 0.15) is 11.9 Å². The Bertz CT molecular complexity index is 697. The van der Waals surface area contributed by atoms with Crippen molar-refractivity contribution in [2.45, 2.75) is 77.7 Å². The standard InChI is InChI=1S/C23H32O3/c1-4-5-21(25)26-20-9-8-19-22-14(2)12-15-13-16(24)6-7-17(15)18(22)10-11-23(19,20)3/h6-7,13-14,18-20,22,24H,4-5,8-12H2,1-3H3/t14-,18?,19?,20+,22?,23+/m1/s1. The molecule has 0 spiro atoms. The molecule has 0 heterocycles. The minimum atomic E-state index is -0.0148. The first-order valence-corrected chi connectivity index (χ1v) is 10.4. The van der Waals surface area contributed by atoms with E-state index in [-0.39, 0.29) is 17.5 Å². The number of hydrogen-bond acceptors (Lipinski definition) is 3. The van der Waals surface area contributed by atoms with Gasteiger partial charge in [0.15, 0.2) is 0 Å². The van der Waals surface area contributed by atoms with Crippen molar-refractivity contribution < 1.29 is 14.6 Å². The maximum absolute atomic E-state index is 12.1. The first-order valence-electron chi connectivity index (χ1n) is 10.4. The minimum absolute atomic E-state index is 0.0148. The number of ether oxygens (including phenoxy) is 1. The highest BCUT2D eigenvalue weighted by molar-refractivity contribution is 5.69. The number of hydrogen-bond donors (Lipinski definition) is 1. The Morgan fingerprint density at radius 2 is 2.12 bits per heavy atom. The summed E-state index contributed by atoms with van der Waals surface area (Å²) in [5, 5.41) is 9.88. The molecule has 142 valence electrons. The Kier molecular flexibility index (Phi) is 4.53. The van der Waals surface area contributed by atoms with Crippen molar-refractivity contribution in [3.63, 3.8) is 0 Å². The van der Waals surface area contributed by atoms with Crippen LogP contribution in [0, 0.1) is 23.2 Å². The molecule has 1 aromatic carbocycles. The molecule has 2 fully saturated rings. The second-order valence-corrected chi connectivity index (χ2v) is 9.21. The summed E-state index contributed by atoms with van der Waals surface area (Å²) in [6.45, 7) is 6.79. The van der Waals surface area contributed by atoms with Crippen LogP contribution in [0.25, 0.3) is 0 Å². The molecule has 3 heteroatoms. The van der Waals surface area contributed by atoms with E-state index in [1.54, 1.807) is 0 Å². The smallest absolute Gasteiger partial charge is 0.306 e. The van der Waals surface area contributed by atoms with Crippen LogP contribution in [-0.4, -0.2) is 17.2 Å². The minimum Gasteiger partial charge on any atom is -0.508 e. The SMILES string of the molecule is CCCC(=O)O[C@H]1CCC2C3C(CC[C@@]21C)c1ccc(O)cc1C[C@H]3C. The van der Waals surface area contributed by atoms with Crippen molar-refractivity contribution in [1.29, 1.82) is 0 Å². The number of aromatic hydroxyl groups is 1. The van der Waals surface area contributed by atoms with Crippen LogP contribution in [0.1, 0.15) is 76.3 Å². The largest absolute Gasteiger partial charge is 0.508 e. The van der Waals surface area contributed by atoms with Gasteiger partial charge in [0.2, 0.25) is 0 Å². The fraction of sp³-hybridized carbons (Fsp3) is 0.696. The van der Waals surface area contributed by atoms with E-state index in [4.69, 9.17) is 4.74 Å². The van der Waals surface area contributed by atoms with Gasteiger partial charge >= 0.3 is 5.97 Å². The van der Waals surface area contributed by atoms with Gasteiger partial charge in [-0.2, -0.15) is 0 Å². The van der Waals surface area contributed by atoms with Gasteiger partial charge in [-0.05, 0) is 85.5 Å². The number of rotatable bonds is 3. The number of phenolic OH excluding ortho intramolecular Hbond substituents is 1. The van der Waals surface area contributed by atoms with Crippen LogP contribution in [0.5, 0.6) is 5.75 Å². The molecule has 0 aromatic heterocycles. The summed E-state index contributed by atoms with van der Waals surface area (Å²) in [6.07, 6.45) is 7.05. The molecule has 26 heavy (non-hydrogen) atoms. The molecule has 0 aliphatic heterocycles. The van der Waals surface area contributed by atoms with Crippen molar-refractivity contribution in [2.75, 3.05) is 0 Å². The lowest BCUT2D eigenvalue weighted by Gasteiger charge is -2.52. The molecule has 2 saturated carbocycles. The summed E-state index contributed by atoms with van der Waals surface area (Å²) in [5.41, 5.74) is 2.93. The van der Waals surface area contributed by atoms with Gasteiger partial charge in [-0.25, -0.2) is 0 Å². The van der Waals surface area contributed by atoms with Crippen LogP contribution in [0.3, 0.4) is 0 Å². The zero-order valence-corrected chi connectivity index (χ0v) is 16.3. The van der Waals surface area contributed by atoms with E-state index in [9.17, 15) is 9.90 Å². The number of phenols is 1. The number of carbonyl (C=O) groups excluding carboxylic acids is 1. The van der Waals surface area contributed by atoms with Gasteiger partial charge in [0.05, 0.1) is 0 Å². The predicted molar refractivity (Wildman–Crippen MR) is 102 cm³/mol. The van der Waals surface area contributed by atoms with Crippen LogP contribution in [0.15, 0.2) is 18.2 Å². The molecule has 3 unspecified atom stereocenters. The van der Waals surface area contributed by atoms with E-state index in [2.05, 4.69) is 19.9 Å². The van der Waals surface area contributed by atoms with Gasteiger partial charge in [-0.3, -0.25) is 4.79 Å². The van der Waals surface area contributed by atoms with E-state index in [0.29, 0.717) is 35.8 Å². The summed E-state index contributed by atoms with van der Waals surface area (Å²) >= 11 is 0. The van der Waals surface area contributed by atoms with Gasteiger partial charge in [0.25, 0.3) is 0 Å². The predicted octanol–water partition coefficient (Wildman–Crippen LogP) is 5.21. The molecule has 3 aliphatic carbocycles. The second-order valence-electron chi connectivity index (χ2n) is 9.21. The Morgan fingerprint density at radius 1 is 1.31 bits per heavy atom. The Hall–Kier alpha value is -1.51. The van der Waals surface area contributed by atoms with Crippen LogP contribution >= 0.6 is 0 Å². The average molecular weight is 357 g/mol. The molecule has 4 rings (SSSR count). The molecule has 0 bridgehead atoms. The molecule has 0 amide bonds. The molecule has 1 N–H and O–H groups in total. The van der Waals surface area contributed by atoms with Crippen molar-refractivity contribution in [1.82, 2.24) is 0 Å². The normalized spacial score (nSPS) is 38.2. The van der Waals surface area contributed by atoms with Crippen LogP contribution in [0.2, 0.25) is 0 Å². The zero-order chi connectivity index (χ0) is 18.5. The Morgan fingerprint density at radius 3 is 2.88 bits per heavy atom. The third kappa shape index (κ3) is 2.75. The molecule has 6 atom stereocenters. The highest BCUT2D eigenvalue weighted by Gasteiger charge is 2.57. The number of esters is 1. The summed E-state index contributed by atoms with van der Waals surface area (Å²) < 4.78 is 5.95. The molecule has 3 nitrogen and oxygen atoms in total. The van der Waals surface area contributed by atoms with Gasteiger partial charge in [0, 0.05) is 11.8 Å². The van der Waals surface area contributed by atoms with Gasteiger partial charge in [-0.15, -0.1) is 0 Å². The second kappa shape index (κ2) is 6.58. The van der Waals surface area contributed by atoms with Crippen LogP contribution < -0.4 is 0 Å². The van der Waals surface area contributed by atoms with Crippen LogP contribution in [0.4, 0.5) is 0 Å². The van der Waals surface area contributed by atoms with Gasteiger partial charge < -0.3 is 9.84 Å². The third-order valence-electron chi connectivity index (χ3n) is 7.70. The molecule has 0 radical (unpaired) electrons. The zero-order valence-electron chi connectivity index (χ0n) is 16.3. The lowest BCUT2D eigenvalue weighted by molar-refractivity contribution is -0.158. The summed E-state index contributed by atoms with van der Waals surface area (Å²) in [7, 11) is 0. The van der Waals surface area contributed by atoms with Crippen molar-refractivity contribution in [3.8, 4) is 5.75 Å².